The predicted molar refractivity (Wildman–Crippen MR) is 82.9 cm³/mol. The van der Waals surface area contributed by atoms with Gasteiger partial charge in [-0.15, -0.1) is 0 Å². The summed E-state index contributed by atoms with van der Waals surface area (Å²) in [5.74, 6) is 0.975. The van der Waals surface area contributed by atoms with E-state index in [9.17, 15) is 4.79 Å². The van der Waals surface area contributed by atoms with Gasteiger partial charge in [0.2, 0.25) is 5.91 Å². The molecule has 0 aromatic heterocycles. The van der Waals surface area contributed by atoms with Gasteiger partial charge in [0.25, 0.3) is 0 Å². The Hall–Kier alpha value is -1.07. The highest BCUT2D eigenvalue weighted by Gasteiger charge is 2.19. The Balaban J connectivity index is 1.63. The highest BCUT2D eigenvalue weighted by molar-refractivity contribution is 9.10. The Labute approximate surface area is 128 Å². The maximum atomic E-state index is 11.0. The lowest BCUT2D eigenvalue weighted by molar-refractivity contribution is -0.119. The molecule has 5 heteroatoms. The maximum absolute atomic E-state index is 11.0. The number of nitrogens with one attached hydrogen (secondary N) is 1. The van der Waals surface area contributed by atoms with Crippen LogP contribution in [0.15, 0.2) is 28.7 Å². The second-order valence-corrected chi connectivity index (χ2v) is 6.03. The van der Waals surface area contributed by atoms with Gasteiger partial charge < -0.3 is 10.1 Å². The molecule has 1 saturated heterocycles. The number of carbonyl (C=O) groups excluding carboxylic acids is 1. The molecule has 1 aliphatic heterocycles. The van der Waals surface area contributed by atoms with E-state index in [4.69, 9.17) is 4.74 Å². The maximum Gasteiger partial charge on any atom is 0.217 e. The minimum atomic E-state index is 0.0713. The number of halogens is 1. The zero-order valence-electron chi connectivity index (χ0n) is 11.8. The third-order valence-corrected chi connectivity index (χ3v) is 4.01. The van der Waals surface area contributed by atoms with Gasteiger partial charge in [-0.05, 0) is 37.1 Å². The van der Waals surface area contributed by atoms with Crippen LogP contribution in [-0.2, 0) is 4.79 Å². The Kier molecular flexibility index (Phi) is 5.86. The van der Waals surface area contributed by atoms with Crippen LogP contribution < -0.4 is 10.1 Å². The summed E-state index contributed by atoms with van der Waals surface area (Å²) in [6.07, 6.45) is 2.05. The molecule has 1 fully saturated rings. The first kappa shape index (κ1) is 15.3. The number of amides is 1. The summed E-state index contributed by atoms with van der Waals surface area (Å²) >= 11 is 3.41. The highest BCUT2D eigenvalue weighted by Crippen LogP contribution is 2.16. The summed E-state index contributed by atoms with van der Waals surface area (Å²) < 4.78 is 6.78. The van der Waals surface area contributed by atoms with Crippen molar-refractivity contribution in [2.75, 3.05) is 26.2 Å². The van der Waals surface area contributed by atoms with Crippen molar-refractivity contribution < 1.29 is 9.53 Å². The monoisotopic (exact) mass is 340 g/mol. The third kappa shape index (κ3) is 5.13. The van der Waals surface area contributed by atoms with Crippen molar-refractivity contribution in [2.45, 2.75) is 25.8 Å². The molecule has 1 amide bonds. The lowest BCUT2D eigenvalue weighted by Crippen LogP contribution is -2.45. The Morgan fingerprint density at radius 3 is 2.60 bits per heavy atom. The van der Waals surface area contributed by atoms with Crippen molar-refractivity contribution in [2.24, 2.45) is 0 Å². The first-order chi connectivity index (χ1) is 9.63. The van der Waals surface area contributed by atoms with E-state index in [1.54, 1.807) is 6.92 Å². The number of carbonyl (C=O) groups is 1. The number of nitrogens with zero attached hydrogens (tertiary/aromatic N) is 1. The van der Waals surface area contributed by atoms with Gasteiger partial charge in [-0.1, -0.05) is 15.9 Å². The van der Waals surface area contributed by atoms with E-state index >= 15 is 0 Å². The number of ether oxygens (including phenoxy) is 1. The topological polar surface area (TPSA) is 41.6 Å². The summed E-state index contributed by atoms with van der Waals surface area (Å²) in [5.41, 5.74) is 0. The van der Waals surface area contributed by atoms with Crippen molar-refractivity contribution in [1.82, 2.24) is 10.2 Å². The Morgan fingerprint density at radius 2 is 2.00 bits per heavy atom. The second-order valence-electron chi connectivity index (χ2n) is 5.12. The molecule has 0 aliphatic carbocycles. The van der Waals surface area contributed by atoms with Crippen LogP contribution in [0.3, 0.4) is 0 Å². The van der Waals surface area contributed by atoms with Gasteiger partial charge in [0.15, 0.2) is 0 Å². The Morgan fingerprint density at radius 1 is 1.35 bits per heavy atom. The molecule has 1 heterocycles. The van der Waals surface area contributed by atoms with Crippen LogP contribution in [-0.4, -0.2) is 43.1 Å². The first-order valence-electron chi connectivity index (χ1n) is 7.01. The van der Waals surface area contributed by atoms with Gasteiger partial charge in [0.1, 0.15) is 12.4 Å². The molecule has 4 nitrogen and oxygen atoms in total. The zero-order chi connectivity index (χ0) is 14.4. The standard InChI is InChI=1S/C15H21BrN2O2/c1-12(19)17-14-6-8-18(9-7-14)10-11-20-15-4-2-13(16)3-5-15/h2-5,14H,6-11H2,1H3,(H,17,19). The molecule has 1 aliphatic rings. The number of hydrogen-bond donors (Lipinski definition) is 1. The summed E-state index contributed by atoms with van der Waals surface area (Å²) in [6.45, 7) is 5.26. The molecule has 0 unspecified atom stereocenters. The van der Waals surface area contributed by atoms with Gasteiger partial charge in [-0.25, -0.2) is 0 Å². The smallest absolute Gasteiger partial charge is 0.217 e. The predicted octanol–water partition coefficient (Wildman–Crippen LogP) is 2.43. The molecule has 0 atom stereocenters. The van der Waals surface area contributed by atoms with E-state index in [1.807, 2.05) is 24.3 Å². The van der Waals surface area contributed by atoms with E-state index < -0.39 is 0 Å². The van der Waals surface area contributed by atoms with Crippen molar-refractivity contribution in [3.63, 3.8) is 0 Å². The molecule has 1 N–H and O–H groups in total. The number of likely N-dealkylation sites (tertiary alicyclic amines) is 1. The van der Waals surface area contributed by atoms with Crippen LogP contribution in [0.2, 0.25) is 0 Å². The van der Waals surface area contributed by atoms with E-state index in [2.05, 4.69) is 26.1 Å². The molecule has 110 valence electrons. The van der Waals surface area contributed by atoms with Crippen LogP contribution in [0.4, 0.5) is 0 Å². The van der Waals surface area contributed by atoms with Crippen molar-refractivity contribution in [3.8, 4) is 5.75 Å². The minimum Gasteiger partial charge on any atom is -0.492 e. The fourth-order valence-electron chi connectivity index (χ4n) is 2.41. The van der Waals surface area contributed by atoms with Crippen LogP contribution in [0.1, 0.15) is 19.8 Å². The molecule has 0 spiro atoms. The summed E-state index contributed by atoms with van der Waals surface area (Å²) in [4.78, 5) is 13.4. The molecule has 0 saturated carbocycles. The summed E-state index contributed by atoms with van der Waals surface area (Å²) in [6, 6.07) is 8.24. The number of hydrogen-bond acceptors (Lipinski definition) is 3. The fourth-order valence-corrected chi connectivity index (χ4v) is 2.68. The SMILES string of the molecule is CC(=O)NC1CCN(CCOc2ccc(Br)cc2)CC1. The van der Waals surface area contributed by atoms with Crippen molar-refractivity contribution in [1.29, 1.82) is 0 Å². The molecule has 0 bridgehead atoms. The van der Waals surface area contributed by atoms with Crippen LogP contribution in [0.5, 0.6) is 5.75 Å². The van der Waals surface area contributed by atoms with Crippen LogP contribution >= 0.6 is 15.9 Å². The highest BCUT2D eigenvalue weighted by atomic mass is 79.9. The van der Waals surface area contributed by atoms with Gasteiger partial charge in [-0.2, -0.15) is 0 Å². The van der Waals surface area contributed by atoms with Gasteiger partial charge in [0, 0.05) is 37.1 Å². The number of piperidine rings is 1. The van der Waals surface area contributed by atoms with E-state index in [0.29, 0.717) is 12.6 Å². The van der Waals surface area contributed by atoms with E-state index in [0.717, 1.165) is 42.7 Å². The molecular weight excluding hydrogens is 320 g/mol. The summed E-state index contributed by atoms with van der Waals surface area (Å²) in [7, 11) is 0. The number of rotatable bonds is 5. The molecule has 0 radical (unpaired) electrons. The number of benzene rings is 1. The lowest BCUT2D eigenvalue weighted by atomic mass is 10.1. The largest absolute Gasteiger partial charge is 0.492 e. The molecular formula is C15H21BrN2O2. The molecule has 1 aromatic rings. The third-order valence-electron chi connectivity index (χ3n) is 3.48. The zero-order valence-corrected chi connectivity index (χ0v) is 13.4. The van der Waals surface area contributed by atoms with Gasteiger partial charge >= 0.3 is 0 Å². The minimum absolute atomic E-state index is 0.0713. The van der Waals surface area contributed by atoms with Crippen molar-refractivity contribution >= 4 is 21.8 Å². The first-order valence-corrected chi connectivity index (χ1v) is 7.80. The Bertz CT molecular complexity index is 428. The fraction of sp³-hybridized carbons (Fsp3) is 0.533. The molecule has 2 rings (SSSR count). The molecule has 20 heavy (non-hydrogen) atoms. The molecule has 1 aromatic carbocycles. The van der Waals surface area contributed by atoms with Crippen LogP contribution in [0, 0.1) is 0 Å². The van der Waals surface area contributed by atoms with Gasteiger partial charge in [0.05, 0.1) is 0 Å². The second kappa shape index (κ2) is 7.64. The van der Waals surface area contributed by atoms with E-state index in [1.165, 1.54) is 0 Å². The summed E-state index contributed by atoms with van der Waals surface area (Å²) in [5, 5.41) is 2.99. The van der Waals surface area contributed by atoms with Crippen molar-refractivity contribution in [3.05, 3.63) is 28.7 Å². The average molecular weight is 341 g/mol. The normalized spacial score (nSPS) is 16.9. The van der Waals surface area contributed by atoms with Crippen LogP contribution in [0.25, 0.3) is 0 Å². The van der Waals surface area contributed by atoms with E-state index in [-0.39, 0.29) is 5.91 Å². The lowest BCUT2D eigenvalue weighted by Gasteiger charge is -2.31. The van der Waals surface area contributed by atoms with Gasteiger partial charge in [-0.3, -0.25) is 9.69 Å². The quantitative estimate of drug-likeness (QED) is 0.894. The average Bonchev–Trinajstić information content (AvgIpc) is 2.42.